The third-order valence-electron chi connectivity index (χ3n) is 4.91. The first-order chi connectivity index (χ1) is 11.0. The molecule has 3 unspecified atom stereocenters. The van der Waals surface area contributed by atoms with Crippen LogP contribution in [0.4, 0.5) is 5.69 Å². The summed E-state index contributed by atoms with van der Waals surface area (Å²) in [6.45, 7) is 7.07. The zero-order valence-corrected chi connectivity index (χ0v) is 14.2. The normalized spacial score (nSPS) is 25.4. The van der Waals surface area contributed by atoms with Gasteiger partial charge in [-0.1, -0.05) is 32.0 Å². The zero-order valence-electron chi connectivity index (χ0n) is 14.2. The van der Waals surface area contributed by atoms with Crippen LogP contribution in [0.2, 0.25) is 0 Å². The van der Waals surface area contributed by atoms with Crippen LogP contribution in [-0.4, -0.2) is 24.4 Å². The predicted molar refractivity (Wildman–Crippen MR) is 91.2 cm³/mol. The number of nitrogens with zero attached hydrogens (tertiary/aromatic N) is 1. The van der Waals surface area contributed by atoms with Gasteiger partial charge in [-0.05, 0) is 43.7 Å². The highest BCUT2D eigenvalue weighted by Crippen LogP contribution is 2.43. The van der Waals surface area contributed by atoms with Crippen molar-refractivity contribution < 1.29 is 9.59 Å². The zero-order chi connectivity index (χ0) is 16.6. The highest BCUT2D eigenvalue weighted by molar-refractivity contribution is 6.02. The third-order valence-corrected chi connectivity index (χ3v) is 4.91. The molecule has 124 valence electrons. The molecule has 1 heterocycles. The maximum Gasteiger partial charge on any atom is 0.231 e. The standard InChI is InChI=1S/C19H26N2O2/c1-12(2)8-9-20-18(22)15-11-16(15)19(23)21-13(3)10-14-6-4-5-7-17(14)21/h4-7,12-13,15-16H,8-11H2,1-3H3,(H,20,22). The Labute approximate surface area is 138 Å². The molecule has 1 fully saturated rings. The molecule has 4 heteroatoms. The van der Waals surface area contributed by atoms with Crippen LogP contribution in [0.5, 0.6) is 0 Å². The van der Waals surface area contributed by atoms with Crippen LogP contribution in [0.25, 0.3) is 0 Å². The van der Waals surface area contributed by atoms with Gasteiger partial charge in [-0.3, -0.25) is 9.59 Å². The van der Waals surface area contributed by atoms with Crippen LogP contribution in [0.3, 0.4) is 0 Å². The number of carbonyl (C=O) groups is 2. The molecule has 1 aromatic carbocycles. The van der Waals surface area contributed by atoms with Crippen molar-refractivity contribution in [1.82, 2.24) is 5.32 Å². The Balaban J connectivity index is 1.59. The summed E-state index contributed by atoms with van der Waals surface area (Å²) in [7, 11) is 0. The molecule has 0 radical (unpaired) electrons. The SMILES string of the molecule is CC(C)CCNC(=O)C1CC1C(=O)N1c2ccccc2CC1C. The van der Waals surface area contributed by atoms with Gasteiger partial charge in [0.25, 0.3) is 0 Å². The third kappa shape index (κ3) is 3.26. The van der Waals surface area contributed by atoms with E-state index in [0.717, 1.165) is 18.5 Å². The van der Waals surface area contributed by atoms with Crippen molar-refractivity contribution in [1.29, 1.82) is 0 Å². The van der Waals surface area contributed by atoms with Crippen molar-refractivity contribution in [3.05, 3.63) is 29.8 Å². The van der Waals surface area contributed by atoms with Crippen molar-refractivity contribution in [2.24, 2.45) is 17.8 Å². The van der Waals surface area contributed by atoms with Crippen molar-refractivity contribution in [3.63, 3.8) is 0 Å². The Kier molecular flexibility index (Phi) is 4.42. The van der Waals surface area contributed by atoms with E-state index < -0.39 is 0 Å². The fourth-order valence-electron chi connectivity index (χ4n) is 3.45. The molecule has 23 heavy (non-hydrogen) atoms. The Hall–Kier alpha value is -1.84. The van der Waals surface area contributed by atoms with Gasteiger partial charge in [0.05, 0.1) is 11.8 Å². The molecule has 0 spiro atoms. The van der Waals surface area contributed by atoms with E-state index in [-0.39, 0.29) is 29.7 Å². The Morgan fingerprint density at radius 1 is 1.26 bits per heavy atom. The van der Waals surface area contributed by atoms with Crippen molar-refractivity contribution >= 4 is 17.5 Å². The summed E-state index contributed by atoms with van der Waals surface area (Å²) in [4.78, 5) is 26.9. The number of hydrogen-bond acceptors (Lipinski definition) is 2. The molecule has 0 bridgehead atoms. The van der Waals surface area contributed by atoms with Crippen LogP contribution < -0.4 is 10.2 Å². The van der Waals surface area contributed by atoms with E-state index in [4.69, 9.17) is 0 Å². The highest BCUT2D eigenvalue weighted by Gasteiger charge is 2.51. The van der Waals surface area contributed by atoms with Crippen LogP contribution in [0, 0.1) is 17.8 Å². The molecule has 1 aliphatic heterocycles. The number of para-hydroxylation sites is 1. The monoisotopic (exact) mass is 314 g/mol. The lowest BCUT2D eigenvalue weighted by Crippen LogP contribution is -2.38. The summed E-state index contributed by atoms with van der Waals surface area (Å²) in [5, 5.41) is 2.97. The number of anilines is 1. The number of rotatable bonds is 5. The fraction of sp³-hybridized carbons (Fsp3) is 0.579. The van der Waals surface area contributed by atoms with E-state index in [9.17, 15) is 9.59 Å². The van der Waals surface area contributed by atoms with E-state index in [0.29, 0.717) is 18.9 Å². The largest absolute Gasteiger partial charge is 0.356 e. The van der Waals surface area contributed by atoms with E-state index in [1.807, 2.05) is 23.1 Å². The molecular weight excluding hydrogens is 288 g/mol. The van der Waals surface area contributed by atoms with Gasteiger partial charge in [-0.2, -0.15) is 0 Å². The van der Waals surface area contributed by atoms with E-state index in [1.54, 1.807) is 0 Å². The summed E-state index contributed by atoms with van der Waals surface area (Å²) in [5.74, 6) is 0.474. The molecule has 1 saturated carbocycles. The number of fused-ring (bicyclic) bond motifs is 1. The predicted octanol–water partition coefficient (Wildman–Crippen LogP) is 2.76. The molecule has 4 nitrogen and oxygen atoms in total. The van der Waals surface area contributed by atoms with Crippen LogP contribution in [-0.2, 0) is 16.0 Å². The molecule has 2 aliphatic rings. The summed E-state index contributed by atoms with van der Waals surface area (Å²) in [6, 6.07) is 8.27. The van der Waals surface area contributed by atoms with Crippen LogP contribution >= 0.6 is 0 Å². The molecule has 3 atom stereocenters. The van der Waals surface area contributed by atoms with Gasteiger partial charge in [0.1, 0.15) is 0 Å². The molecule has 3 rings (SSSR count). The number of benzene rings is 1. The lowest BCUT2D eigenvalue weighted by atomic mass is 10.1. The summed E-state index contributed by atoms with van der Waals surface area (Å²) < 4.78 is 0. The molecule has 0 aromatic heterocycles. The summed E-state index contributed by atoms with van der Waals surface area (Å²) >= 11 is 0. The maximum atomic E-state index is 12.8. The highest BCUT2D eigenvalue weighted by atomic mass is 16.2. The summed E-state index contributed by atoms with van der Waals surface area (Å²) in [5.41, 5.74) is 2.25. The van der Waals surface area contributed by atoms with Crippen molar-refractivity contribution in [3.8, 4) is 0 Å². The fourth-order valence-corrected chi connectivity index (χ4v) is 3.45. The van der Waals surface area contributed by atoms with Crippen molar-refractivity contribution in [2.75, 3.05) is 11.4 Å². The Morgan fingerprint density at radius 3 is 2.74 bits per heavy atom. The number of amides is 2. The number of nitrogens with one attached hydrogen (secondary N) is 1. The molecule has 1 aromatic rings. The van der Waals surface area contributed by atoms with Crippen LogP contribution in [0.15, 0.2) is 24.3 Å². The van der Waals surface area contributed by atoms with E-state index in [1.165, 1.54) is 5.56 Å². The minimum atomic E-state index is -0.136. The second-order valence-corrected chi connectivity index (χ2v) is 7.31. The van der Waals surface area contributed by atoms with Gasteiger partial charge in [0.2, 0.25) is 11.8 Å². The van der Waals surface area contributed by atoms with E-state index >= 15 is 0 Å². The average molecular weight is 314 g/mol. The Bertz CT molecular complexity index is 611. The quantitative estimate of drug-likeness (QED) is 0.908. The van der Waals surface area contributed by atoms with Gasteiger partial charge in [0.15, 0.2) is 0 Å². The van der Waals surface area contributed by atoms with Crippen molar-refractivity contribution in [2.45, 2.75) is 46.1 Å². The van der Waals surface area contributed by atoms with Gasteiger partial charge < -0.3 is 10.2 Å². The lowest BCUT2D eigenvalue weighted by Gasteiger charge is -2.23. The first-order valence-corrected chi connectivity index (χ1v) is 8.67. The summed E-state index contributed by atoms with van der Waals surface area (Å²) in [6.07, 6.45) is 2.57. The molecule has 2 amide bonds. The molecule has 1 N–H and O–H groups in total. The topological polar surface area (TPSA) is 49.4 Å². The second-order valence-electron chi connectivity index (χ2n) is 7.31. The van der Waals surface area contributed by atoms with Crippen LogP contribution in [0.1, 0.15) is 39.2 Å². The van der Waals surface area contributed by atoms with E-state index in [2.05, 4.69) is 32.2 Å². The smallest absolute Gasteiger partial charge is 0.231 e. The van der Waals surface area contributed by atoms with Gasteiger partial charge >= 0.3 is 0 Å². The maximum absolute atomic E-state index is 12.8. The number of hydrogen-bond donors (Lipinski definition) is 1. The number of carbonyl (C=O) groups excluding carboxylic acids is 2. The average Bonchev–Trinajstić information content (AvgIpc) is 3.23. The molecular formula is C19H26N2O2. The molecule has 0 saturated heterocycles. The first-order valence-electron chi connectivity index (χ1n) is 8.67. The lowest BCUT2D eigenvalue weighted by molar-refractivity contribution is -0.126. The van der Waals surface area contributed by atoms with Gasteiger partial charge in [-0.25, -0.2) is 0 Å². The first kappa shape index (κ1) is 16.0. The van der Waals surface area contributed by atoms with Gasteiger partial charge in [-0.15, -0.1) is 0 Å². The Morgan fingerprint density at radius 2 is 2.00 bits per heavy atom. The van der Waals surface area contributed by atoms with Gasteiger partial charge in [0, 0.05) is 18.3 Å². The minimum absolute atomic E-state index is 0.0455. The second kappa shape index (κ2) is 6.34. The molecule has 1 aliphatic carbocycles. The minimum Gasteiger partial charge on any atom is -0.356 e.